The summed E-state index contributed by atoms with van der Waals surface area (Å²) in [6.45, 7) is 10.2. The molecule has 0 fully saturated rings. The molecule has 0 saturated heterocycles. The van der Waals surface area contributed by atoms with E-state index < -0.39 is 20.6 Å². The second-order valence-electron chi connectivity index (χ2n) is 4.53. The molecule has 0 radical (unpaired) electrons. The Morgan fingerprint density at radius 1 is 1.05 bits per heavy atom. The van der Waals surface area contributed by atoms with E-state index in [0.717, 1.165) is 32.1 Å². The highest BCUT2D eigenvalue weighted by atomic mass is 31.2. The third kappa shape index (κ3) is 11.7. The van der Waals surface area contributed by atoms with E-state index in [4.69, 9.17) is 24.9 Å². The average molecular weight is 335 g/mol. The zero-order valence-corrected chi connectivity index (χ0v) is 14.3. The van der Waals surface area contributed by atoms with E-state index in [1.54, 1.807) is 6.92 Å². The van der Waals surface area contributed by atoms with Gasteiger partial charge in [-0.1, -0.05) is 39.5 Å². The molecule has 0 aliphatic carbocycles. The molecule has 0 bridgehead atoms. The fourth-order valence-electron chi connectivity index (χ4n) is 1.45. The largest absolute Gasteiger partial charge is 0.477 e. The Morgan fingerprint density at radius 3 is 2.36 bits per heavy atom. The number of ether oxygens (including phenoxy) is 1. The van der Waals surface area contributed by atoms with Crippen molar-refractivity contribution >= 4 is 13.8 Å². The number of hydrogen-bond donors (Lipinski definition) is 0. The molecule has 0 spiro atoms. The number of carbonyl (C=O) groups is 1. The van der Waals surface area contributed by atoms with Crippen molar-refractivity contribution in [1.29, 1.82) is 0 Å². The number of hydrogen-bond acceptors (Lipinski definition) is 6. The number of carbonyl (C=O) groups excluding carboxylic acids is 1. The van der Waals surface area contributed by atoms with E-state index in [9.17, 15) is 9.36 Å². The maximum absolute atomic E-state index is 12.3. The molecule has 0 aromatic carbocycles. The lowest BCUT2D eigenvalue weighted by Gasteiger charge is -2.16. The summed E-state index contributed by atoms with van der Waals surface area (Å²) in [4.78, 5) is 14.1. The quantitative estimate of drug-likeness (QED) is 0.157. The monoisotopic (exact) mass is 335 g/mol. The molecule has 0 rings (SSSR count). The van der Waals surface area contributed by atoms with Crippen LogP contribution in [0.25, 0.3) is 4.85 Å². The topological polar surface area (TPSA) is 75.4 Å². The number of rotatable bonds is 14. The van der Waals surface area contributed by atoms with Crippen LogP contribution in [-0.2, 0) is 27.7 Å². The van der Waals surface area contributed by atoms with Crippen molar-refractivity contribution in [2.75, 3.05) is 26.6 Å². The van der Waals surface area contributed by atoms with E-state index in [2.05, 4.69) is 11.8 Å². The van der Waals surface area contributed by atoms with Crippen molar-refractivity contribution in [2.45, 2.75) is 52.4 Å². The van der Waals surface area contributed by atoms with Crippen LogP contribution < -0.4 is 0 Å². The highest BCUT2D eigenvalue weighted by Gasteiger charge is 2.27. The minimum atomic E-state index is -3.79. The minimum absolute atomic E-state index is 0.0572. The van der Waals surface area contributed by atoms with E-state index in [-0.39, 0.29) is 26.2 Å². The lowest BCUT2D eigenvalue weighted by molar-refractivity contribution is -0.150. The molecule has 22 heavy (non-hydrogen) atoms. The van der Waals surface area contributed by atoms with Crippen LogP contribution in [0.5, 0.6) is 0 Å². The maximum Gasteiger partial charge on any atom is 0.477 e. The number of esters is 1. The summed E-state index contributed by atoms with van der Waals surface area (Å²) in [5, 5.41) is 0. The van der Waals surface area contributed by atoms with Gasteiger partial charge in [0.25, 0.3) is 0 Å². The molecule has 0 heterocycles. The van der Waals surface area contributed by atoms with Crippen LogP contribution in [0.3, 0.4) is 0 Å². The molecule has 0 saturated carbocycles. The molecule has 0 aromatic heterocycles. The maximum atomic E-state index is 12.3. The van der Waals surface area contributed by atoms with Gasteiger partial charge in [-0.05, 0) is 6.42 Å². The van der Waals surface area contributed by atoms with Crippen LogP contribution in [0.1, 0.15) is 52.4 Å². The molecule has 1 unspecified atom stereocenters. The predicted octanol–water partition coefficient (Wildman–Crippen LogP) is 3.94. The molecule has 0 aliphatic heterocycles. The van der Waals surface area contributed by atoms with Crippen molar-refractivity contribution in [3.05, 3.63) is 11.4 Å². The second kappa shape index (κ2) is 13.7. The van der Waals surface area contributed by atoms with Crippen molar-refractivity contribution < 1.29 is 27.7 Å². The van der Waals surface area contributed by atoms with Crippen LogP contribution in [-0.4, -0.2) is 32.5 Å². The number of phosphoric acid groups is 1. The van der Waals surface area contributed by atoms with Gasteiger partial charge in [0.05, 0.1) is 6.61 Å². The predicted molar refractivity (Wildman–Crippen MR) is 82.1 cm³/mol. The number of phosphoric ester groups is 1. The first-order chi connectivity index (χ1) is 10.6. The van der Waals surface area contributed by atoms with Crippen LogP contribution in [0.2, 0.25) is 0 Å². The average Bonchev–Trinajstić information content (AvgIpc) is 2.51. The summed E-state index contributed by atoms with van der Waals surface area (Å²) in [5.41, 5.74) is 0. The summed E-state index contributed by atoms with van der Waals surface area (Å²) < 4.78 is 32.1. The highest BCUT2D eigenvalue weighted by molar-refractivity contribution is 7.48. The SMILES string of the molecule is [C-]#[N+]CCOP(=O)(OCCCCCCC)OCOC(=O)CC. The molecule has 0 amide bonds. The molecule has 0 aromatic rings. The van der Waals surface area contributed by atoms with Crippen molar-refractivity contribution in [3.63, 3.8) is 0 Å². The highest BCUT2D eigenvalue weighted by Crippen LogP contribution is 2.49. The fraction of sp³-hybridized carbons (Fsp3) is 0.857. The lowest BCUT2D eigenvalue weighted by atomic mass is 10.2. The first kappa shape index (κ1) is 21.1. The van der Waals surface area contributed by atoms with E-state index in [1.165, 1.54) is 0 Å². The van der Waals surface area contributed by atoms with Crippen LogP contribution in [0.15, 0.2) is 0 Å². The van der Waals surface area contributed by atoms with Gasteiger partial charge < -0.3 is 9.58 Å². The van der Waals surface area contributed by atoms with Crippen molar-refractivity contribution in [3.8, 4) is 0 Å². The summed E-state index contributed by atoms with van der Waals surface area (Å²) in [6.07, 6.45) is 5.31. The van der Waals surface area contributed by atoms with Crippen molar-refractivity contribution in [1.82, 2.24) is 0 Å². The van der Waals surface area contributed by atoms with Gasteiger partial charge in [0, 0.05) is 6.42 Å². The van der Waals surface area contributed by atoms with Gasteiger partial charge in [-0.25, -0.2) is 15.7 Å². The normalized spacial score (nSPS) is 13.3. The molecule has 128 valence electrons. The Morgan fingerprint density at radius 2 is 1.73 bits per heavy atom. The third-order valence-electron chi connectivity index (χ3n) is 2.67. The molecule has 7 nitrogen and oxygen atoms in total. The Balaban J connectivity index is 4.13. The molecule has 1 atom stereocenters. The zero-order valence-electron chi connectivity index (χ0n) is 13.4. The first-order valence-corrected chi connectivity index (χ1v) is 9.06. The Labute approximate surface area is 132 Å². The van der Waals surface area contributed by atoms with Crippen molar-refractivity contribution in [2.24, 2.45) is 0 Å². The van der Waals surface area contributed by atoms with Gasteiger partial charge >= 0.3 is 13.8 Å². The van der Waals surface area contributed by atoms with E-state index >= 15 is 0 Å². The second-order valence-corrected chi connectivity index (χ2v) is 6.20. The van der Waals surface area contributed by atoms with E-state index in [1.807, 2.05) is 0 Å². The van der Waals surface area contributed by atoms with Gasteiger partial charge in [-0.2, -0.15) is 0 Å². The minimum Gasteiger partial charge on any atom is -0.438 e. The standard InChI is InChI=1S/C14H26NO6P/c1-4-6-7-8-9-11-19-22(17,20-12-10-15-3)21-13-18-14(16)5-2/h4-13H2,1-2H3. The van der Waals surface area contributed by atoms with Gasteiger partial charge in [0.2, 0.25) is 13.3 Å². The molecular formula is C14H26NO6P. The molecular weight excluding hydrogens is 309 g/mol. The summed E-state index contributed by atoms with van der Waals surface area (Å²) in [5.74, 6) is -0.465. The zero-order chi connectivity index (χ0) is 16.7. The Hall–Kier alpha value is -0.930. The van der Waals surface area contributed by atoms with Crippen LogP contribution in [0.4, 0.5) is 0 Å². The number of nitrogens with zero attached hydrogens (tertiary/aromatic N) is 1. The fourth-order valence-corrected chi connectivity index (χ4v) is 2.51. The smallest absolute Gasteiger partial charge is 0.438 e. The molecule has 0 N–H and O–H groups in total. The Bertz CT molecular complexity index is 382. The first-order valence-electron chi connectivity index (χ1n) is 7.60. The summed E-state index contributed by atoms with van der Waals surface area (Å²) in [7, 11) is -3.79. The Kier molecular flexibility index (Phi) is 13.1. The molecule has 8 heteroatoms. The van der Waals surface area contributed by atoms with Gasteiger partial charge in [0.15, 0.2) is 0 Å². The summed E-state index contributed by atoms with van der Waals surface area (Å²) >= 11 is 0. The summed E-state index contributed by atoms with van der Waals surface area (Å²) in [6, 6.07) is 0. The van der Waals surface area contributed by atoms with Gasteiger partial charge in [-0.3, -0.25) is 13.8 Å². The van der Waals surface area contributed by atoms with Gasteiger partial charge in [-0.15, -0.1) is 0 Å². The third-order valence-corrected chi connectivity index (χ3v) is 4.09. The van der Waals surface area contributed by atoms with Crippen LogP contribution in [0, 0.1) is 6.57 Å². The molecule has 0 aliphatic rings. The number of unbranched alkanes of at least 4 members (excludes halogenated alkanes) is 4. The van der Waals surface area contributed by atoms with Crippen LogP contribution >= 0.6 is 7.82 Å². The lowest BCUT2D eigenvalue weighted by Crippen LogP contribution is -2.09. The van der Waals surface area contributed by atoms with E-state index in [0.29, 0.717) is 0 Å². The van der Waals surface area contributed by atoms with Gasteiger partial charge in [0.1, 0.15) is 6.61 Å².